The summed E-state index contributed by atoms with van der Waals surface area (Å²) >= 11 is 0. The molecule has 0 saturated heterocycles. The molecule has 0 N–H and O–H groups in total. The van der Waals surface area contributed by atoms with Crippen molar-refractivity contribution >= 4 is 5.91 Å². The molecule has 1 aromatic heterocycles. The Hall–Kier alpha value is -2.03. The molecule has 1 amide bonds. The van der Waals surface area contributed by atoms with Crippen molar-refractivity contribution in [1.29, 1.82) is 0 Å². The first-order valence-corrected chi connectivity index (χ1v) is 8.18. The summed E-state index contributed by atoms with van der Waals surface area (Å²) in [5, 5.41) is 0. The molecule has 3 heteroatoms. The third-order valence-electron chi connectivity index (χ3n) is 4.97. The monoisotopic (exact) mass is 294 g/mol. The molecular weight excluding hydrogens is 272 g/mol. The zero-order valence-corrected chi connectivity index (χ0v) is 13.2. The van der Waals surface area contributed by atoms with Crippen molar-refractivity contribution in [1.82, 2.24) is 9.47 Å². The maximum atomic E-state index is 12.8. The van der Waals surface area contributed by atoms with Crippen LogP contribution in [0, 0.1) is 19.8 Å². The predicted octanol–water partition coefficient (Wildman–Crippen LogP) is 3.45. The van der Waals surface area contributed by atoms with Gasteiger partial charge >= 0.3 is 0 Å². The highest BCUT2D eigenvalue weighted by atomic mass is 16.2. The first kappa shape index (κ1) is 13.6. The molecule has 22 heavy (non-hydrogen) atoms. The third-order valence-corrected chi connectivity index (χ3v) is 4.97. The molecule has 0 radical (unpaired) electrons. The lowest BCUT2D eigenvalue weighted by molar-refractivity contribution is -0.135. The van der Waals surface area contributed by atoms with Crippen molar-refractivity contribution in [3.63, 3.8) is 0 Å². The van der Waals surface area contributed by atoms with E-state index in [-0.39, 0.29) is 12.0 Å². The van der Waals surface area contributed by atoms with Gasteiger partial charge in [0.2, 0.25) is 5.91 Å². The van der Waals surface area contributed by atoms with Crippen LogP contribution in [0.1, 0.15) is 41.3 Å². The maximum Gasteiger partial charge on any atom is 0.226 e. The second-order valence-corrected chi connectivity index (χ2v) is 6.69. The van der Waals surface area contributed by atoms with Gasteiger partial charge in [0.05, 0.1) is 6.04 Å². The van der Waals surface area contributed by atoms with E-state index in [0.717, 1.165) is 25.9 Å². The number of carbonyl (C=O) groups is 1. The summed E-state index contributed by atoms with van der Waals surface area (Å²) in [4.78, 5) is 14.9. The smallest absolute Gasteiger partial charge is 0.226 e. The summed E-state index contributed by atoms with van der Waals surface area (Å²) in [5.41, 5.74) is 5.05. The van der Waals surface area contributed by atoms with E-state index < -0.39 is 0 Å². The molecule has 0 spiro atoms. The van der Waals surface area contributed by atoms with Gasteiger partial charge in [-0.15, -0.1) is 0 Å². The number of aryl methyl sites for hydroxylation is 2. The fourth-order valence-electron chi connectivity index (χ4n) is 3.65. The third kappa shape index (κ3) is 2.16. The summed E-state index contributed by atoms with van der Waals surface area (Å²) < 4.78 is 2.29. The summed E-state index contributed by atoms with van der Waals surface area (Å²) in [7, 11) is 0. The Morgan fingerprint density at radius 2 is 1.95 bits per heavy atom. The average Bonchev–Trinajstić information content (AvgIpc) is 3.23. The van der Waals surface area contributed by atoms with Gasteiger partial charge in [0.1, 0.15) is 0 Å². The molecule has 1 atom stereocenters. The van der Waals surface area contributed by atoms with Gasteiger partial charge in [-0.05, 0) is 49.9 Å². The van der Waals surface area contributed by atoms with E-state index in [9.17, 15) is 4.79 Å². The van der Waals surface area contributed by atoms with Crippen molar-refractivity contribution in [3.05, 3.63) is 58.9 Å². The molecule has 1 aromatic carbocycles. The number of fused-ring (bicyclic) bond motifs is 1. The van der Waals surface area contributed by atoms with E-state index in [1.165, 1.54) is 22.4 Å². The summed E-state index contributed by atoms with van der Waals surface area (Å²) in [6, 6.07) is 10.9. The first-order chi connectivity index (χ1) is 10.6. The number of amides is 1. The van der Waals surface area contributed by atoms with Crippen molar-refractivity contribution in [2.75, 3.05) is 6.54 Å². The number of hydrogen-bond acceptors (Lipinski definition) is 1. The molecule has 2 aliphatic rings. The molecule has 1 aliphatic carbocycles. The van der Waals surface area contributed by atoms with Crippen LogP contribution >= 0.6 is 0 Å². The van der Waals surface area contributed by atoms with Gasteiger partial charge in [-0.25, -0.2) is 0 Å². The van der Waals surface area contributed by atoms with E-state index in [2.05, 4.69) is 59.8 Å². The lowest BCUT2D eigenvalue weighted by atomic mass is 9.94. The van der Waals surface area contributed by atoms with Crippen LogP contribution in [-0.4, -0.2) is 21.9 Å². The quantitative estimate of drug-likeness (QED) is 0.833. The minimum atomic E-state index is 0.0671. The van der Waals surface area contributed by atoms with Gasteiger partial charge < -0.3 is 9.47 Å². The highest BCUT2D eigenvalue weighted by molar-refractivity contribution is 5.82. The lowest BCUT2D eigenvalue weighted by Crippen LogP contribution is -2.43. The molecule has 2 heterocycles. The minimum absolute atomic E-state index is 0.0671. The van der Waals surface area contributed by atoms with Crippen LogP contribution in [0.2, 0.25) is 0 Å². The highest BCUT2D eigenvalue weighted by Gasteiger charge is 2.39. The highest BCUT2D eigenvalue weighted by Crippen LogP contribution is 2.39. The van der Waals surface area contributed by atoms with E-state index in [1.54, 1.807) is 0 Å². The van der Waals surface area contributed by atoms with Gasteiger partial charge in [0.25, 0.3) is 0 Å². The first-order valence-electron chi connectivity index (χ1n) is 8.18. The van der Waals surface area contributed by atoms with Crippen molar-refractivity contribution in [3.8, 4) is 0 Å². The SMILES string of the molecule is Cc1ccc(C2c3cccn3CCN2C(=O)C2CC2)c(C)c1. The Morgan fingerprint density at radius 3 is 2.68 bits per heavy atom. The molecule has 1 aliphatic heterocycles. The Morgan fingerprint density at radius 1 is 1.14 bits per heavy atom. The average molecular weight is 294 g/mol. The number of aromatic nitrogens is 1. The Kier molecular flexibility index (Phi) is 3.10. The summed E-state index contributed by atoms with van der Waals surface area (Å²) in [6.07, 6.45) is 4.26. The molecule has 1 saturated carbocycles. The fraction of sp³-hybridized carbons (Fsp3) is 0.421. The van der Waals surface area contributed by atoms with Gasteiger partial charge in [-0.2, -0.15) is 0 Å². The predicted molar refractivity (Wildman–Crippen MR) is 86.6 cm³/mol. The van der Waals surface area contributed by atoms with Crippen molar-refractivity contribution < 1.29 is 4.79 Å². The topological polar surface area (TPSA) is 25.2 Å². The Balaban J connectivity index is 1.81. The van der Waals surface area contributed by atoms with Gasteiger partial charge in [-0.3, -0.25) is 4.79 Å². The van der Waals surface area contributed by atoms with E-state index in [0.29, 0.717) is 5.91 Å². The standard InChI is InChI=1S/C19H22N2O/c1-13-5-8-16(14(2)12-13)18-17-4-3-9-20(17)10-11-21(18)19(22)15-6-7-15/h3-5,8-9,12,15,18H,6-7,10-11H2,1-2H3. The minimum Gasteiger partial charge on any atom is -0.348 e. The van der Waals surface area contributed by atoms with Crippen molar-refractivity contribution in [2.45, 2.75) is 39.3 Å². The van der Waals surface area contributed by atoms with Crippen LogP contribution < -0.4 is 0 Å². The van der Waals surface area contributed by atoms with Crippen LogP contribution in [0.3, 0.4) is 0 Å². The largest absolute Gasteiger partial charge is 0.348 e. The summed E-state index contributed by atoms with van der Waals surface area (Å²) in [5.74, 6) is 0.618. The second kappa shape index (κ2) is 5.01. The number of nitrogens with zero attached hydrogens (tertiary/aromatic N) is 2. The van der Waals surface area contributed by atoms with Crippen molar-refractivity contribution in [2.24, 2.45) is 5.92 Å². The molecule has 0 bridgehead atoms. The number of benzene rings is 1. The maximum absolute atomic E-state index is 12.8. The molecular formula is C19H22N2O. The van der Waals surface area contributed by atoms with E-state index in [4.69, 9.17) is 0 Å². The molecule has 1 fully saturated rings. The van der Waals surface area contributed by atoms with Crippen LogP contribution in [0.4, 0.5) is 0 Å². The van der Waals surface area contributed by atoms with Gasteiger partial charge in [-0.1, -0.05) is 23.8 Å². The number of rotatable bonds is 2. The van der Waals surface area contributed by atoms with Gasteiger partial charge in [0.15, 0.2) is 0 Å². The zero-order chi connectivity index (χ0) is 15.3. The van der Waals surface area contributed by atoms with Crippen LogP contribution in [0.15, 0.2) is 36.5 Å². The molecule has 1 unspecified atom stereocenters. The van der Waals surface area contributed by atoms with Crippen LogP contribution in [0.25, 0.3) is 0 Å². The van der Waals surface area contributed by atoms with Crippen LogP contribution in [0.5, 0.6) is 0 Å². The fourth-order valence-corrected chi connectivity index (χ4v) is 3.65. The van der Waals surface area contributed by atoms with Crippen LogP contribution in [-0.2, 0) is 11.3 Å². The molecule has 114 valence electrons. The van der Waals surface area contributed by atoms with E-state index >= 15 is 0 Å². The normalized spacial score (nSPS) is 20.8. The molecule has 4 rings (SSSR count). The molecule has 2 aromatic rings. The van der Waals surface area contributed by atoms with E-state index in [1.807, 2.05) is 0 Å². The lowest BCUT2D eigenvalue weighted by Gasteiger charge is -2.38. The Labute approximate surface area is 131 Å². The molecule has 3 nitrogen and oxygen atoms in total. The summed E-state index contributed by atoms with van der Waals surface area (Å²) in [6.45, 7) is 5.99. The zero-order valence-electron chi connectivity index (χ0n) is 13.2. The number of hydrogen-bond donors (Lipinski definition) is 0. The number of carbonyl (C=O) groups excluding carboxylic acids is 1. The van der Waals surface area contributed by atoms with Gasteiger partial charge in [0, 0.05) is 30.9 Å². The Bertz CT molecular complexity index is 727. The second-order valence-electron chi connectivity index (χ2n) is 6.69.